The molecule has 3 fully saturated rings. The Morgan fingerprint density at radius 1 is 1.06 bits per heavy atom. The van der Waals surface area contributed by atoms with E-state index in [0.717, 1.165) is 12.3 Å². The number of carboxylic acids is 1. The summed E-state index contributed by atoms with van der Waals surface area (Å²) < 4.78 is 43.8. The van der Waals surface area contributed by atoms with Crippen molar-refractivity contribution in [3.05, 3.63) is 52.7 Å². The van der Waals surface area contributed by atoms with Gasteiger partial charge in [0.15, 0.2) is 0 Å². The molecule has 3 aliphatic heterocycles. The zero-order valence-electron chi connectivity index (χ0n) is 16.4. The smallest absolute Gasteiger partial charge is 0.489 e. The van der Waals surface area contributed by atoms with Gasteiger partial charge in [0.25, 0.3) is 0 Å². The fourth-order valence-corrected chi connectivity index (χ4v) is 4.07. The van der Waals surface area contributed by atoms with E-state index in [1.54, 1.807) is 0 Å². The van der Waals surface area contributed by atoms with E-state index < -0.39 is 12.1 Å². The lowest BCUT2D eigenvalue weighted by Crippen LogP contribution is -2.52. The second kappa shape index (κ2) is 8.22. The number of carbonyl (C=O) groups is 1. The van der Waals surface area contributed by atoms with Gasteiger partial charge in [0.05, 0.1) is 10.8 Å². The average molecular weight is 435 g/mol. The van der Waals surface area contributed by atoms with Crippen molar-refractivity contribution in [2.75, 3.05) is 19.6 Å². The molecule has 6 rings (SSSR count). The highest BCUT2D eigenvalue weighted by Crippen LogP contribution is 2.31. The molecule has 9 heteroatoms. The summed E-state index contributed by atoms with van der Waals surface area (Å²) in [7, 11) is 0. The maximum Gasteiger partial charge on any atom is 0.490 e. The second-order valence-corrected chi connectivity index (χ2v) is 7.68. The fraction of sp³-hybridized carbons (Fsp3) is 0.364. The first-order valence-corrected chi connectivity index (χ1v) is 9.87. The van der Waals surface area contributed by atoms with Gasteiger partial charge in [-0.2, -0.15) is 13.2 Å². The van der Waals surface area contributed by atoms with Crippen molar-refractivity contribution in [3.8, 4) is 5.75 Å². The Morgan fingerprint density at radius 2 is 1.71 bits per heavy atom. The van der Waals surface area contributed by atoms with E-state index in [1.807, 2.05) is 42.5 Å². The largest absolute Gasteiger partial charge is 0.490 e. The van der Waals surface area contributed by atoms with Crippen molar-refractivity contribution in [2.24, 2.45) is 5.92 Å². The quantitative estimate of drug-likeness (QED) is 0.612. The minimum Gasteiger partial charge on any atom is -0.489 e. The molecule has 2 bridgehead atoms. The molecule has 31 heavy (non-hydrogen) atoms. The molecule has 1 aromatic heterocycles. The number of aliphatic carboxylic acids is 1. The average Bonchev–Trinajstić information content (AvgIpc) is 2.75. The van der Waals surface area contributed by atoms with Crippen molar-refractivity contribution >= 4 is 27.9 Å². The lowest BCUT2D eigenvalue weighted by molar-refractivity contribution is -0.192. The van der Waals surface area contributed by atoms with Crippen LogP contribution in [0.4, 0.5) is 13.2 Å². The van der Waals surface area contributed by atoms with Crippen LogP contribution < -0.4 is 10.2 Å². The highest BCUT2D eigenvalue weighted by Gasteiger charge is 2.38. The first-order valence-electron chi connectivity index (χ1n) is 9.87. The van der Waals surface area contributed by atoms with Crippen molar-refractivity contribution in [2.45, 2.75) is 25.1 Å². The van der Waals surface area contributed by atoms with Crippen molar-refractivity contribution in [1.29, 1.82) is 0 Å². The number of halogens is 3. The molecular formula is C22H20F3NO5. The number of hydrogen-bond acceptors (Lipinski definition) is 5. The molecule has 0 saturated carbocycles. The van der Waals surface area contributed by atoms with E-state index in [9.17, 15) is 18.0 Å². The molecular weight excluding hydrogens is 415 g/mol. The molecule has 164 valence electrons. The second-order valence-electron chi connectivity index (χ2n) is 7.68. The summed E-state index contributed by atoms with van der Waals surface area (Å²) in [5.74, 6) is -1.35. The van der Waals surface area contributed by atoms with Gasteiger partial charge in [-0.1, -0.05) is 12.1 Å². The number of hydrogen-bond donors (Lipinski definition) is 1. The van der Waals surface area contributed by atoms with Crippen LogP contribution in [0.3, 0.4) is 0 Å². The third-order valence-electron chi connectivity index (χ3n) is 5.67. The molecule has 0 unspecified atom stereocenters. The highest BCUT2D eigenvalue weighted by molar-refractivity contribution is 5.90. The minimum atomic E-state index is -5.08. The standard InChI is InChI=1S/C20H19NO3.C2HF3O2/c22-20-15-3-1-2-4-17(15)24-18-6-5-14(11-16(18)20)23-19-12-21-9-7-13(19)8-10-21;3-2(4,5)1(6)7/h1-6,11,13,19H,7-10,12H2;(H,6,7)/t19-;/m1./s1. The van der Waals surface area contributed by atoms with E-state index in [-0.39, 0.29) is 11.5 Å². The Kier molecular flexibility index (Phi) is 5.62. The molecule has 3 saturated heterocycles. The van der Waals surface area contributed by atoms with Crippen LogP contribution in [0.1, 0.15) is 12.8 Å². The summed E-state index contributed by atoms with van der Waals surface area (Å²) in [5, 5.41) is 8.33. The van der Waals surface area contributed by atoms with Gasteiger partial charge in [0.1, 0.15) is 23.0 Å². The molecule has 0 spiro atoms. The third-order valence-corrected chi connectivity index (χ3v) is 5.67. The number of piperidine rings is 3. The summed E-state index contributed by atoms with van der Waals surface area (Å²) in [6.07, 6.45) is -2.42. The van der Waals surface area contributed by atoms with Crippen molar-refractivity contribution in [1.82, 2.24) is 4.90 Å². The molecule has 1 atom stereocenters. The van der Waals surface area contributed by atoms with Crippen molar-refractivity contribution < 1.29 is 32.2 Å². The Hall–Kier alpha value is -3.07. The van der Waals surface area contributed by atoms with Gasteiger partial charge < -0.3 is 14.3 Å². The first kappa shape index (κ1) is 21.2. The van der Waals surface area contributed by atoms with Crippen LogP contribution in [0.5, 0.6) is 5.75 Å². The van der Waals surface area contributed by atoms with Gasteiger partial charge in [-0.05, 0) is 62.2 Å². The van der Waals surface area contributed by atoms with Crippen LogP contribution in [0.15, 0.2) is 51.7 Å². The number of alkyl halides is 3. The normalized spacial score (nSPS) is 22.7. The maximum atomic E-state index is 12.7. The zero-order chi connectivity index (χ0) is 22.2. The number of benzene rings is 2. The van der Waals surface area contributed by atoms with Crippen LogP contribution in [0, 0.1) is 5.92 Å². The van der Waals surface area contributed by atoms with Crippen LogP contribution in [-0.2, 0) is 4.79 Å². The highest BCUT2D eigenvalue weighted by atomic mass is 19.4. The molecule has 0 amide bonds. The van der Waals surface area contributed by atoms with E-state index in [0.29, 0.717) is 27.9 Å². The van der Waals surface area contributed by atoms with Gasteiger partial charge in [-0.3, -0.25) is 9.69 Å². The Labute approximate surface area is 174 Å². The van der Waals surface area contributed by atoms with Crippen LogP contribution in [0.25, 0.3) is 21.9 Å². The van der Waals surface area contributed by atoms with Crippen LogP contribution >= 0.6 is 0 Å². The summed E-state index contributed by atoms with van der Waals surface area (Å²) in [4.78, 5) is 24.1. The molecule has 3 aromatic rings. The zero-order valence-corrected chi connectivity index (χ0v) is 16.4. The van der Waals surface area contributed by atoms with Gasteiger partial charge in [-0.25, -0.2) is 4.79 Å². The molecule has 0 aliphatic carbocycles. The Bertz CT molecular complexity index is 1170. The third kappa shape index (κ3) is 4.51. The lowest BCUT2D eigenvalue weighted by atomic mass is 9.86. The summed E-state index contributed by atoms with van der Waals surface area (Å²) >= 11 is 0. The summed E-state index contributed by atoms with van der Waals surface area (Å²) in [6.45, 7) is 3.38. The van der Waals surface area contributed by atoms with E-state index in [2.05, 4.69) is 4.90 Å². The van der Waals surface area contributed by atoms with E-state index in [1.165, 1.54) is 25.9 Å². The SMILES string of the molecule is O=C(O)C(F)(F)F.O=c1c2ccccc2oc2ccc(O[C@@H]3CN4CCC3CC4)cc12. The number of nitrogens with zero attached hydrogens (tertiary/aromatic N) is 1. The van der Waals surface area contributed by atoms with Gasteiger partial charge >= 0.3 is 12.1 Å². The molecule has 2 aromatic carbocycles. The number of ether oxygens (including phenoxy) is 1. The molecule has 1 N–H and O–H groups in total. The summed E-state index contributed by atoms with van der Waals surface area (Å²) in [5.41, 5.74) is 1.24. The molecule has 3 aliphatic rings. The Balaban J connectivity index is 0.000000289. The van der Waals surface area contributed by atoms with E-state index in [4.69, 9.17) is 19.1 Å². The Morgan fingerprint density at radius 3 is 2.32 bits per heavy atom. The fourth-order valence-electron chi connectivity index (χ4n) is 4.07. The summed E-state index contributed by atoms with van der Waals surface area (Å²) in [6, 6.07) is 13.0. The molecule has 6 nitrogen and oxygen atoms in total. The van der Waals surface area contributed by atoms with Gasteiger partial charge in [-0.15, -0.1) is 0 Å². The van der Waals surface area contributed by atoms with Crippen molar-refractivity contribution in [3.63, 3.8) is 0 Å². The predicted molar refractivity (Wildman–Crippen MR) is 107 cm³/mol. The van der Waals surface area contributed by atoms with Crippen LogP contribution in [0.2, 0.25) is 0 Å². The van der Waals surface area contributed by atoms with Gasteiger partial charge in [0.2, 0.25) is 5.43 Å². The number of carboxylic acid groups (broad SMARTS) is 1. The molecule has 0 radical (unpaired) electrons. The topological polar surface area (TPSA) is 80.0 Å². The van der Waals surface area contributed by atoms with Gasteiger partial charge in [0, 0.05) is 6.54 Å². The maximum absolute atomic E-state index is 12.7. The van der Waals surface area contributed by atoms with Crippen LogP contribution in [-0.4, -0.2) is 47.9 Å². The monoisotopic (exact) mass is 435 g/mol. The number of fused-ring (bicyclic) bond motifs is 5. The number of para-hydroxylation sites is 1. The minimum absolute atomic E-state index is 0.00575. The number of rotatable bonds is 2. The molecule has 4 heterocycles. The first-order chi connectivity index (χ1) is 14.7. The predicted octanol–water partition coefficient (Wildman–Crippen LogP) is 4.05. The lowest BCUT2D eigenvalue weighted by Gasteiger charge is -2.44. The van der Waals surface area contributed by atoms with E-state index >= 15 is 0 Å².